The summed E-state index contributed by atoms with van der Waals surface area (Å²) in [6.45, 7) is 1.47. The minimum Gasteiger partial charge on any atom is -0.490 e. The Morgan fingerprint density at radius 2 is 1.89 bits per heavy atom. The molecule has 2 aliphatic heterocycles. The fraction of sp³-hybridized carbons (Fsp3) is 0.556. The Hall–Kier alpha value is -2.45. The standard InChI is InChI=1S/C18H22F3N3O3/c1-23-8-7-15(16(23)25)22-17(26)24-9-5-13(6-10-24)27-14-4-2-3-12(11-14)18(19,20)21/h2-4,11,13,15H,5-10H2,1H3,(H,22,26). The molecule has 9 heteroatoms. The Labute approximate surface area is 155 Å². The molecule has 0 bridgehead atoms. The van der Waals surface area contributed by atoms with Crippen LogP contribution in [0.1, 0.15) is 24.8 Å². The molecule has 1 N–H and O–H groups in total. The van der Waals surface area contributed by atoms with Crippen molar-refractivity contribution in [1.29, 1.82) is 0 Å². The number of alkyl halides is 3. The number of carbonyl (C=O) groups excluding carboxylic acids is 2. The van der Waals surface area contributed by atoms with E-state index in [0.29, 0.717) is 38.9 Å². The van der Waals surface area contributed by atoms with Crippen LogP contribution in [0.3, 0.4) is 0 Å². The number of urea groups is 1. The number of piperidine rings is 1. The Morgan fingerprint density at radius 1 is 1.19 bits per heavy atom. The van der Waals surface area contributed by atoms with Gasteiger partial charge in [0.25, 0.3) is 0 Å². The van der Waals surface area contributed by atoms with Crippen molar-refractivity contribution in [2.45, 2.75) is 37.6 Å². The number of amides is 3. The highest BCUT2D eigenvalue weighted by molar-refractivity contribution is 5.88. The first-order valence-electron chi connectivity index (χ1n) is 8.88. The minimum atomic E-state index is -4.41. The first-order valence-corrected chi connectivity index (χ1v) is 8.88. The van der Waals surface area contributed by atoms with Crippen molar-refractivity contribution in [3.05, 3.63) is 29.8 Å². The molecular formula is C18H22F3N3O3. The van der Waals surface area contributed by atoms with Gasteiger partial charge in [0, 0.05) is 39.5 Å². The van der Waals surface area contributed by atoms with Crippen LogP contribution in [0.4, 0.5) is 18.0 Å². The van der Waals surface area contributed by atoms with Gasteiger partial charge >= 0.3 is 12.2 Å². The topological polar surface area (TPSA) is 61.9 Å². The summed E-state index contributed by atoms with van der Waals surface area (Å²) in [4.78, 5) is 27.4. The van der Waals surface area contributed by atoms with Crippen molar-refractivity contribution in [3.8, 4) is 5.75 Å². The smallest absolute Gasteiger partial charge is 0.416 e. The second-order valence-corrected chi connectivity index (χ2v) is 6.88. The Bertz CT molecular complexity index is 703. The number of hydrogen-bond donors (Lipinski definition) is 1. The average Bonchev–Trinajstić information content (AvgIpc) is 2.94. The molecule has 2 heterocycles. The molecule has 2 fully saturated rings. The maximum atomic E-state index is 12.8. The Balaban J connectivity index is 1.49. The number of nitrogens with zero attached hydrogens (tertiary/aromatic N) is 2. The first-order chi connectivity index (χ1) is 12.7. The lowest BCUT2D eigenvalue weighted by Crippen LogP contribution is -2.50. The zero-order valence-corrected chi connectivity index (χ0v) is 15.0. The van der Waals surface area contributed by atoms with Gasteiger partial charge in [0.2, 0.25) is 5.91 Å². The highest BCUT2D eigenvalue weighted by Crippen LogP contribution is 2.32. The van der Waals surface area contributed by atoms with Crippen molar-refractivity contribution in [3.63, 3.8) is 0 Å². The number of halogens is 3. The van der Waals surface area contributed by atoms with Crippen molar-refractivity contribution in [2.24, 2.45) is 0 Å². The highest BCUT2D eigenvalue weighted by atomic mass is 19.4. The van der Waals surface area contributed by atoms with Gasteiger partial charge in [-0.2, -0.15) is 13.2 Å². The number of carbonyl (C=O) groups is 2. The normalized spacial score (nSPS) is 21.5. The molecule has 2 saturated heterocycles. The predicted molar refractivity (Wildman–Crippen MR) is 91.2 cm³/mol. The van der Waals surface area contributed by atoms with E-state index in [1.165, 1.54) is 12.1 Å². The molecule has 3 amide bonds. The van der Waals surface area contributed by atoms with Crippen LogP contribution in [-0.4, -0.2) is 60.6 Å². The number of nitrogens with one attached hydrogen (secondary N) is 1. The van der Waals surface area contributed by atoms with Crippen molar-refractivity contribution in [1.82, 2.24) is 15.1 Å². The quantitative estimate of drug-likeness (QED) is 0.870. The molecule has 27 heavy (non-hydrogen) atoms. The van der Waals surface area contributed by atoms with Crippen LogP contribution in [0.25, 0.3) is 0 Å². The SMILES string of the molecule is CN1CCC(NC(=O)N2CCC(Oc3cccc(C(F)(F)F)c3)CC2)C1=O. The van der Waals surface area contributed by atoms with E-state index in [1.54, 1.807) is 16.8 Å². The molecule has 0 aromatic heterocycles. The molecule has 1 aromatic rings. The van der Waals surface area contributed by atoms with E-state index in [9.17, 15) is 22.8 Å². The summed E-state index contributed by atoms with van der Waals surface area (Å²) in [5.74, 6) is 0.0819. The van der Waals surface area contributed by atoms with Gasteiger partial charge in [0.15, 0.2) is 0 Å². The fourth-order valence-electron chi connectivity index (χ4n) is 3.31. The molecule has 1 unspecified atom stereocenters. The summed E-state index contributed by atoms with van der Waals surface area (Å²) in [7, 11) is 1.70. The molecule has 0 spiro atoms. The van der Waals surface area contributed by atoms with E-state index in [1.807, 2.05) is 0 Å². The predicted octanol–water partition coefficient (Wildman–Crippen LogP) is 2.49. The highest BCUT2D eigenvalue weighted by Gasteiger charge is 2.33. The first kappa shape index (κ1) is 19.3. The van der Waals surface area contributed by atoms with Crippen LogP contribution in [0, 0.1) is 0 Å². The van der Waals surface area contributed by atoms with Gasteiger partial charge in [0.1, 0.15) is 17.9 Å². The molecule has 0 aliphatic carbocycles. The average molecular weight is 385 g/mol. The second kappa shape index (κ2) is 7.66. The van der Waals surface area contributed by atoms with Gasteiger partial charge in [-0.3, -0.25) is 4.79 Å². The van der Waals surface area contributed by atoms with E-state index in [4.69, 9.17) is 4.74 Å². The third kappa shape index (κ3) is 4.64. The zero-order chi connectivity index (χ0) is 19.6. The van der Waals surface area contributed by atoms with Crippen LogP contribution in [0.5, 0.6) is 5.75 Å². The van der Waals surface area contributed by atoms with Crippen molar-refractivity contribution < 1.29 is 27.5 Å². The lowest BCUT2D eigenvalue weighted by atomic mass is 10.1. The van der Waals surface area contributed by atoms with Crippen molar-refractivity contribution in [2.75, 3.05) is 26.7 Å². The number of rotatable bonds is 3. The maximum absolute atomic E-state index is 12.8. The van der Waals surface area contributed by atoms with Crippen LogP contribution < -0.4 is 10.1 Å². The molecular weight excluding hydrogens is 363 g/mol. The lowest BCUT2D eigenvalue weighted by molar-refractivity contribution is -0.137. The summed E-state index contributed by atoms with van der Waals surface area (Å²) in [6.07, 6.45) is -3.04. The summed E-state index contributed by atoms with van der Waals surface area (Å²) in [6, 6.07) is 4.03. The Morgan fingerprint density at radius 3 is 2.48 bits per heavy atom. The second-order valence-electron chi connectivity index (χ2n) is 6.88. The fourth-order valence-corrected chi connectivity index (χ4v) is 3.31. The monoisotopic (exact) mass is 385 g/mol. The van der Waals surface area contributed by atoms with Gasteiger partial charge in [-0.15, -0.1) is 0 Å². The van der Waals surface area contributed by atoms with Gasteiger partial charge < -0.3 is 19.9 Å². The van der Waals surface area contributed by atoms with Crippen LogP contribution in [0.2, 0.25) is 0 Å². The summed E-state index contributed by atoms with van der Waals surface area (Å²) >= 11 is 0. The molecule has 0 radical (unpaired) electrons. The maximum Gasteiger partial charge on any atom is 0.416 e. The molecule has 2 aliphatic rings. The lowest BCUT2D eigenvalue weighted by Gasteiger charge is -2.32. The van der Waals surface area contributed by atoms with Crippen LogP contribution >= 0.6 is 0 Å². The molecule has 148 valence electrons. The van der Waals surface area contributed by atoms with E-state index >= 15 is 0 Å². The molecule has 0 saturated carbocycles. The van der Waals surface area contributed by atoms with Gasteiger partial charge in [-0.25, -0.2) is 4.79 Å². The molecule has 1 aromatic carbocycles. The minimum absolute atomic E-state index is 0.0916. The van der Waals surface area contributed by atoms with Crippen LogP contribution in [0.15, 0.2) is 24.3 Å². The third-order valence-electron chi connectivity index (χ3n) is 4.92. The summed E-state index contributed by atoms with van der Waals surface area (Å²) in [5, 5.41) is 2.75. The number of hydrogen-bond acceptors (Lipinski definition) is 3. The van der Waals surface area contributed by atoms with E-state index in [2.05, 4.69) is 5.32 Å². The van der Waals surface area contributed by atoms with Crippen LogP contribution in [-0.2, 0) is 11.0 Å². The van der Waals surface area contributed by atoms with Gasteiger partial charge in [-0.1, -0.05) is 6.07 Å². The zero-order valence-electron chi connectivity index (χ0n) is 15.0. The van der Waals surface area contributed by atoms with E-state index < -0.39 is 17.8 Å². The summed E-state index contributed by atoms with van der Waals surface area (Å²) < 4.78 is 44.0. The van der Waals surface area contributed by atoms with Crippen molar-refractivity contribution >= 4 is 11.9 Å². The Kier molecular flexibility index (Phi) is 5.48. The number of ether oxygens (including phenoxy) is 1. The third-order valence-corrected chi connectivity index (χ3v) is 4.92. The largest absolute Gasteiger partial charge is 0.490 e. The van der Waals surface area contributed by atoms with Gasteiger partial charge in [0.05, 0.1) is 5.56 Å². The number of benzene rings is 1. The molecule has 6 nitrogen and oxygen atoms in total. The van der Waals surface area contributed by atoms with E-state index in [0.717, 1.165) is 12.1 Å². The number of likely N-dealkylation sites (N-methyl/N-ethyl adjacent to an activating group) is 1. The van der Waals surface area contributed by atoms with E-state index in [-0.39, 0.29) is 23.8 Å². The van der Waals surface area contributed by atoms with Gasteiger partial charge in [-0.05, 0) is 24.6 Å². The number of likely N-dealkylation sites (tertiary alicyclic amines) is 2. The summed E-state index contributed by atoms with van der Waals surface area (Å²) in [5.41, 5.74) is -0.747. The molecule has 1 atom stereocenters. The molecule has 3 rings (SSSR count).